The highest BCUT2D eigenvalue weighted by atomic mass is 16.1. The maximum absolute atomic E-state index is 12.4. The highest BCUT2D eigenvalue weighted by Crippen LogP contribution is 2.24. The van der Waals surface area contributed by atoms with Gasteiger partial charge in [-0.25, -0.2) is 9.97 Å². The summed E-state index contributed by atoms with van der Waals surface area (Å²) in [5.74, 6) is 0.757. The molecule has 0 radical (unpaired) electrons. The van der Waals surface area contributed by atoms with Crippen molar-refractivity contribution in [1.82, 2.24) is 15.3 Å². The topological polar surface area (TPSA) is 58.1 Å². The van der Waals surface area contributed by atoms with Gasteiger partial charge in [0.05, 0.1) is 0 Å². The highest BCUT2D eigenvalue weighted by molar-refractivity contribution is 5.92. The molecule has 1 N–H and O–H groups in total. The Morgan fingerprint density at radius 2 is 2.08 bits per heavy atom. The largest absolute Gasteiger partial charge is 0.354 e. The van der Waals surface area contributed by atoms with Gasteiger partial charge in [-0.1, -0.05) is 37.3 Å². The molecule has 2 aromatic rings. The van der Waals surface area contributed by atoms with Gasteiger partial charge in [-0.3, -0.25) is 4.79 Å². The lowest BCUT2D eigenvalue weighted by atomic mass is 10.00. The van der Waals surface area contributed by atoms with Crippen LogP contribution >= 0.6 is 0 Å². The molecule has 138 valence electrons. The molecule has 1 aliphatic rings. The minimum Gasteiger partial charge on any atom is -0.354 e. The van der Waals surface area contributed by atoms with Crippen LogP contribution in [0.1, 0.15) is 55.1 Å². The number of benzene rings is 1. The van der Waals surface area contributed by atoms with Gasteiger partial charge in [-0.05, 0) is 44.1 Å². The molecule has 3 rings (SSSR count). The van der Waals surface area contributed by atoms with Crippen molar-refractivity contribution in [2.45, 2.75) is 51.5 Å². The molecule has 0 aliphatic carbocycles. The second-order valence-corrected chi connectivity index (χ2v) is 6.86. The lowest BCUT2D eigenvalue weighted by Crippen LogP contribution is -2.40. The maximum Gasteiger partial charge on any atom is 0.270 e. The predicted molar refractivity (Wildman–Crippen MR) is 104 cm³/mol. The zero-order valence-electron chi connectivity index (χ0n) is 15.5. The smallest absolute Gasteiger partial charge is 0.270 e. The van der Waals surface area contributed by atoms with Gasteiger partial charge in [-0.2, -0.15) is 0 Å². The lowest BCUT2D eigenvalue weighted by molar-refractivity contribution is 0.0948. The summed E-state index contributed by atoms with van der Waals surface area (Å²) >= 11 is 0. The van der Waals surface area contributed by atoms with Gasteiger partial charge in [0.2, 0.25) is 0 Å². The van der Waals surface area contributed by atoms with E-state index >= 15 is 0 Å². The second kappa shape index (κ2) is 9.32. The highest BCUT2D eigenvalue weighted by Gasteiger charge is 2.23. The van der Waals surface area contributed by atoms with E-state index in [0.717, 1.165) is 31.6 Å². The minimum atomic E-state index is -0.119. The number of hydrogen-bond donors (Lipinski definition) is 1. The van der Waals surface area contributed by atoms with E-state index in [1.807, 2.05) is 24.3 Å². The molecule has 1 aliphatic heterocycles. The van der Waals surface area contributed by atoms with E-state index in [9.17, 15) is 4.79 Å². The summed E-state index contributed by atoms with van der Waals surface area (Å²) in [5.41, 5.74) is 1.75. The first-order valence-corrected chi connectivity index (χ1v) is 9.68. The van der Waals surface area contributed by atoms with Crippen molar-refractivity contribution in [3.05, 3.63) is 54.0 Å². The van der Waals surface area contributed by atoms with Gasteiger partial charge >= 0.3 is 0 Å². The molecule has 5 nitrogen and oxygen atoms in total. The first kappa shape index (κ1) is 18.4. The molecule has 1 unspecified atom stereocenters. The van der Waals surface area contributed by atoms with E-state index in [0.29, 0.717) is 18.3 Å². The zero-order valence-corrected chi connectivity index (χ0v) is 15.5. The summed E-state index contributed by atoms with van der Waals surface area (Å²) in [4.78, 5) is 23.3. The summed E-state index contributed by atoms with van der Waals surface area (Å²) in [6.45, 7) is 3.87. The van der Waals surface area contributed by atoms with Crippen LogP contribution in [0.4, 0.5) is 5.82 Å². The number of anilines is 1. The Labute approximate surface area is 155 Å². The van der Waals surface area contributed by atoms with Gasteiger partial charge in [-0.15, -0.1) is 0 Å². The molecule has 1 aromatic heterocycles. The first-order valence-electron chi connectivity index (χ1n) is 9.68. The third-order valence-corrected chi connectivity index (χ3v) is 5.05. The van der Waals surface area contributed by atoms with Crippen LogP contribution in [0, 0.1) is 0 Å². The molecule has 1 atom stereocenters. The average molecular weight is 352 g/mol. The van der Waals surface area contributed by atoms with Crippen LogP contribution in [0.25, 0.3) is 0 Å². The number of carbonyl (C=O) groups is 1. The van der Waals surface area contributed by atoms with Crippen LogP contribution in [-0.2, 0) is 6.42 Å². The van der Waals surface area contributed by atoms with Crippen molar-refractivity contribution >= 4 is 11.7 Å². The fraction of sp³-hybridized carbons (Fsp3) is 0.476. The molecule has 0 saturated carbocycles. The lowest BCUT2D eigenvalue weighted by Gasteiger charge is -2.36. The summed E-state index contributed by atoms with van der Waals surface area (Å²) in [7, 11) is 0. The molecule has 1 saturated heterocycles. The van der Waals surface area contributed by atoms with Crippen molar-refractivity contribution in [2.75, 3.05) is 18.0 Å². The predicted octanol–water partition coefficient (Wildman–Crippen LogP) is 3.61. The van der Waals surface area contributed by atoms with Crippen LogP contribution in [0.5, 0.6) is 0 Å². The Morgan fingerprint density at radius 1 is 1.23 bits per heavy atom. The van der Waals surface area contributed by atoms with Gasteiger partial charge < -0.3 is 10.2 Å². The van der Waals surface area contributed by atoms with Crippen LogP contribution < -0.4 is 10.2 Å². The Balaban J connectivity index is 1.54. The number of aryl methyl sites for hydroxylation is 1. The van der Waals surface area contributed by atoms with Crippen LogP contribution in [0.2, 0.25) is 0 Å². The van der Waals surface area contributed by atoms with Crippen LogP contribution in [-0.4, -0.2) is 35.0 Å². The van der Waals surface area contributed by atoms with Crippen LogP contribution in [0.3, 0.4) is 0 Å². The molecule has 1 aromatic carbocycles. The fourth-order valence-electron chi connectivity index (χ4n) is 3.58. The fourth-order valence-corrected chi connectivity index (χ4v) is 3.58. The summed E-state index contributed by atoms with van der Waals surface area (Å²) < 4.78 is 0. The van der Waals surface area contributed by atoms with Crippen molar-refractivity contribution in [3.63, 3.8) is 0 Å². The number of aromatic nitrogens is 2. The molecule has 0 spiro atoms. The Hall–Kier alpha value is -2.43. The number of nitrogens with one attached hydrogen (secondary N) is 1. The van der Waals surface area contributed by atoms with Crippen molar-refractivity contribution in [1.29, 1.82) is 0 Å². The van der Waals surface area contributed by atoms with Crippen molar-refractivity contribution < 1.29 is 4.79 Å². The van der Waals surface area contributed by atoms with E-state index in [4.69, 9.17) is 0 Å². The van der Waals surface area contributed by atoms with Gasteiger partial charge in [0.25, 0.3) is 5.91 Å². The summed E-state index contributed by atoms with van der Waals surface area (Å²) in [6.07, 6.45) is 8.14. The SMILES string of the molecule is CCC1CCCCN1c1cc(C(=O)NCCCc2ccccc2)ncn1. The standard InChI is InChI=1S/C21H28N4O/c1-2-18-12-6-7-14-25(18)20-15-19(23-16-24-20)21(26)22-13-8-11-17-9-4-3-5-10-17/h3-5,9-10,15-16,18H,2,6-8,11-14H2,1H3,(H,22,26). The molecule has 0 bridgehead atoms. The zero-order chi connectivity index (χ0) is 18.2. The first-order chi connectivity index (χ1) is 12.8. The molecular formula is C21H28N4O. The molecule has 1 fully saturated rings. The van der Waals surface area contributed by atoms with Gasteiger partial charge in [0.1, 0.15) is 17.8 Å². The number of rotatable bonds is 7. The third-order valence-electron chi connectivity index (χ3n) is 5.05. The van der Waals surface area contributed by atoms with E-state index < -0.39 is 0 Å². The molecule has 2 heterocycles. The number of piperidine rings is 1. The monoisotopic (exact) mass is 352 g/mol. The molecular weight excluding hydrogens is 324 g/mol. The van der Waals surface area contributed by atoms with E-state index in [2.05, 4.69) is 39.2 Å². The van der Waals surface area contributed by atoms with Crippen LogP contribution in [0.15, 0.2) is 42.7 Å². The van der Waals surface area contributed by atoms with E-state index in [1.54, 1.807) is 0 Å². The number of amides is 1. The van der Waals surface area contributed by atoms with Crippen molar-refractivity contribution in [2.24, 2.45) is 0 Å². The Kier molecular flexibility index (Phi) is 6.58. The van der Waals surface area contributed by atoms with E-state index in [1.165, 1.54) is 31.2 Å². The number of carbonyl (C=O) groups excluding carboxylic acids is 1. The summed E-state index contributed by atoms with van der Waals surface area (Å²) in [6, 6.07) is 12.7. The maximum atomic E-state index is 12.4. The van der Waals surface area contributed by atoms with E-state index in [-0.39, 0.29) is 5.91 Å². The Morgan fingerprint density at radius 3 is 2.88 bits per heavy atom. The normalized spacial score (nSPS) is 17.1. The molecule has 26 heavy (non-hydrogen) atoms. The second-order valence-electron chi connectivity index (χ2n) is 6.86. The minimum absolute atomic E-state index is 0.119. The van der Waals surface area contributed by atoms with Gasteiger partial charge in [0.15, 0.2) is 0 Å². The molecule has 1 amide bonds. The third kappa shape index (κ3) is 4.81. The van der Waals surface area contributed by atoms with Gasteiger partial charge in [0, 0.05) is 25.2 Å². The Bertz CT molecular complexity index is 704. The van der Waals surface area contributed by atoms with Crippen molar-refractivity contribution in [3.8, 4) is 0 Å². The average Bonchev–Trinajstić information content (AvgIpc) is 2.72. The molecule has 5 heteroatoms. The quantitative estimate of drug-likeness (QED) is 0.774. The summed E-state index contributed by atoms with van der Waals surface area (Å²) in [5, 5.41) is 2.98. The number of hydrogen-bond acceptors (Lipinski definition) is 4. The number of nitrogens with zero attached hydrogens (tertiary/aromatic N) is 3.